The molecule has 1 aliphatic carbocycles. The number of hydrogen-bond donors (Lipinski definition) is 2. The Bertz CT molecular complexity index is 366. The normalized spacial score (nSPS) is 24.4. The third-order valence-corrected chi connectivity index (χ3v) is 2.62. The van der Waals surface area contributed by atoms with Crippen molar-refractivity contribution >= 4 is 23.0 Å². The Kier molecular flexibility index (Phi) is 2.33. The molecule has 2 unspecified atom stereocenters. The lowest BCUT2D eigenvalue weighted by atomic mass is 10.3. The van der Waals surface area contributed by atoms with E-state index in [9.17, 15) is 0 Å². The fraction of sp³-hybridized carbons (Fsp3) is 0.444. The first kappa shape index (κ1) is 9.33. The molecular formula is C9H12N4S. The van der Waals surface area contributed by atoms with Crippen LogP contribution in [0, 0.1) is 5.92 Å². The Morgan fingerprint density at radius 2 is 2.43 bits per heavy atom. The van der Waals surface area contributed by atoms with Crippen molar-refractivity contribution in [3.63, 3.8) is 0 Å². The first-order valence-corrected chi connectivity index (χ1v) is 4.96. The molecule has 5 heteroatoms. The lowest BCUT2D eigenvalue weighted by Crippen LogP contribution is -2.12. The van der Waals surface area contributed by atoms with E-state index < -0.39 is 0 Å². The molecule has 3 N–H and O–H groups in total. The Labute approximate surface area is 87.9 Å². The van der Waals surface area contributed by atoms with Gasteiger partial charge >= 0.3 is 0 Å². The maximum Gasteiger partial charge on any atom is 0.149 e. The smallest absolute Gasteiger partial charge is 0.149 e. The second kappa shape index (κ2) is 3.49. The third kappa shape index (κ3) is 1.98. The minimum absolute atomic E-state index is 0.354. The highest BCUT2D eigenvalue weighted by Gasteiger charge is 2.32. The third-order valence-electron chi connectivity index (χ3n) is 2.38. The van der Waals surface area contributed by atoms with Gasteiger partial charge in [0, 0.05) is 11.6 Å². The molecule has 0 bridgehead atoms. The van der Waals surface area contributed by atoms with E-state index in [-0.39, 0.29) is 0 Å². The molecule has 1 fully saturated rings. The van der Waals surface area contributed by atoms with Crippen molar-refractivity contribution in [2.24, 2.45) is 11.7 Å². The maximum atomic E-state index is 5.49. The van der Waals surface area contributed by atoms with E-state index in [2.05, 4.69) is 22.4 Å². The molecule has 0 spiro atoms. The summed E-state index contributed by atoms with van der Waals surface area (Å²) < 4.78 is 0. The second-order valence-corrected chi connectivity index (χ2v) is 4.10. The van der Waals surface area contributed by atoms with Crippen LogP contribution in [-0.4, -0.2) is 21.2 Å². The molecule has 2 rings (SSSR count). The molecule has 2 atom stereocenters. The number of nitrogens with zero attached hydrogens (tertiary/aromatic N) is 2. The van der Waals surface area contributed by atoms with Crippen LogP contribution in [0.2, 0.25) is 0 Å². The molecule has 1 aromatic rings. The number of aromatic nitrogens is 2. The van der Waals surface area contributed by atoms with E-state index in [0.717, 1.165) is 17.3 Å². The van der Waals surface area contributed by atoms with Crippen LogP contribution < -0.4 is 11.1 Å². The minimum Gasteiger partial charge on any atom is -0.389 e. The second-order valence-electron chi connectivity index (χ2n) is 3.66. The largest absolute Gasteiger partial charge is 0.389 e. The maximum absolute atomic E-state index is 5.49. The van der Waals surface area contributed by atoms with Gasteiger partial charge in [0.25, 0.3) is 0 Å². The number of anilines is 1. The highest BCUT2D eigenvalue weighted by Crippen LogP contribution is 2.31. The fourth-order valence-corrected chi connectivity index (χ4v) is 1.40. The molecule has 1 saturated carbocycles. The topological polar surface area (TPSA) is 63.8 Å². The quantitative estimate of drug-likeness (QED) is 0.723. The molecule has 0 amide bonds. The van der Waals surface area contributed by atoms with E-state index in [1.807, 2.05) is 6.07 Å². The first-order valence-electron chi connectivity index (χ1n) is 4.56. The lowest BCUT2D eigenvalue weighted by Gasteiger charge is -2.04. The summed E-state index contributed by atoms with van der Waals surface area (Å²) in [7, 11) is 0. The van der Waals surface area contributed by atoms with Gasteiger partial charge in [0.05, 0.1) is 6.20 Å². The van der Waals surface area contributed by atoms with Gasteiger partial charge in [-0.15, -0.1) is 5.10 Å². The molecule has 0 aliphatic heterocycles. The molecule has 74 valence electrons. The number of nitrogens with one attached hydrogen (secondary N) is 1. The molecule has 0 saturated heterocycles. The summed E-state index contributed by atoms with van der Waals surface area (Å²) in [5.41, 5.74) is 6.25. The summed E-state index contributed by atoms with van der Waals surface area (Å²) in [6.07, 6.45) is 2.77. The zero-order chi connectivity index (χ0) is 10.1. The summed E-state index contributed by atoms with van der Waals surface area (Å²) in [5, 5.41) is 11.1. The zero-order valence-electron chi connectivity index (χ0n) is 7.90. The van der Waals surface area contributed by atoms with Gasteiger partial charge in [-0.05, 0) is 18.4 Å². The highest BCUT2D eigenvalue weighted by molar-refractivity contribution is 7.80. The first-order chi connectivity index (χ1) is 6.66. The standard InChI is InChI=1S/C9H12N4S/c1-5-2-7(5)12-8-3-6(9(10)14)4-11-13-8/h3-5,7H,2H2,1H3,(H2,10,14)(H,12,13). The van der Waals surface area contributed by atoms with Crippen molar-refractivity contribution in [3.05, 3.63) is 17.8 Å². The molecule has 1 heterocycles. The summed E-state index contributed by atoms with van der Waals surface area (Å²) in [6.45, 7) is 2.20. The predicted molar refractivity (Wildman–Crippen MR) is 59.1 cm³/mol. The van der Waals surface area contributed by atoms with Crippen molar-refractivity contribution < 1.29 is 0 Å². The van der Waals surface area contributed by atoms with E-state index in [1.165, 1.54) is 6.42 Å². The summed E-state index contributed by atoms with van der Waals surface area (Å²) >= 11 is 4.86. The van der Waals surface area contributed by atoms with Gasteiger partial charge < -0.3 is 11.1 Å². The van der Waals surface area contributed by atoms with Crippen LogP contribution in [0.4, 0.5) is 5.82 Å². The van der Waals surface area contributed by atoms with Gasteiger partial charge in [-0.2, -0.15) is 5.10 Å². The highest BCUT2D eigenvalue weighted by atomic mass is 32.1. The van der Waals surface area contributed by atoms with Gasteiger partial charge in [0.2, 0.25) is 0 Å². The number of thiocarbonyl (C=S) groups is 1. The zero-order valence-corrected chi connectivity index (χ0v) is 8.71. The van der Waals surface area contributed by atoms with Gasteiger partial charge in [-0.25, -0.2) is 0 Å². The average molecular weight is 208 g/mol. The van der Waals surface area contributed by atoms with Crippen molar-refractivity contribution in [1.82, 2.24) is 10.2 Å². The van der Waals surface area contributed by atoms with E-state index in [0.29, 0.717) is 11.0 Å². The van der Waals surface area contributed by atoms with E-state index in [4.69, 9.17) is 18.0 Å². The lowest BCUT2D eigenvalue weighted by molar-refractivity contribution is 0.911. The molecule has 1 aliphatic rings. The Morgan fingerprint density at radius 1 is 1.71 bits per heavy atom. The minimum atomic E-state index is 0.354. The molecule has 0 radical (unpaired) electrons. The Morgan fingerprint density at radius 3 is 3.00 bits per heavy atom. The van der Waals surface area contributed by atoms with Crippen molar-refractivity contribution in [2.45, 2.75) is 19.4 Å². The van der Waals surface area contributed by atoms with E-state index >= 15 is 0 Å². The van der Waals surface area contributed by atoms with Crippen LogP contribution in [0.1, 0.15) is 18.9 Å². The monoisotopic (exact) mass is 208 g/mol. The SMILES string of the molecule is CC1CC1Nc1cc(C(N)=S)cnn1. The number of rotatable bonds is 3. The van der Waals surface area contributed by atoms with Gasteiger partial charge in [-0.1, -0.05) is 19.1 Å². The summed E-state index contributed by atoms with van der Waals surface area (Å²) in [6, 6.07) is 2.37. The predicted octanol–water partition coefficient (Wildman–Crippen LogP) is 0.931. The van der Waals surface area contributed by atoms with Crippen molar-refractivity contribution in [1.29, 1.82) is 0 Å². The summed E-state index contributed by atoms with van der Waals surface area (Å²) in [5.74, 6) is 1.48. The molecule has 14 heavy (non-hydrogen) atoms. The van der Waals surface area contributed by atoms with Crippen LogP contribution in [0.5, 0.6) is 0 Å². The van der Waals surface area contributed by atoms with E-state index in [1.54, 1.807) is 6.20 Å². The number of nitrogens with two attached hydrogens (primary N) is 1. The molecular weight excluding hydrogens is 196 g/mol. The van der Waals surface area contributed by atoms with Gasteiger partial charge in [-0.3, -0.25) is 0 Å². The molecule has 0 aromatic carbocycles. The fourth-order valence-electron chi connectivity index (χ4n) is 1.29. The Balaban J connectivity index is 2.10. The van der Waals surface area contributed by atoms with Gasteiger partial charge in [0.15, 0.2) is 0 Å². The number of hydrogen-bond acceptors (Lipinski definition) is 4. The van der Waals surface area contributed by atoms with Crippen molar-refractivity contribution in [3.8, 4) is 0 Å². The molecule has 1 aromatic heterocycles. The van der Waals surface area contributed by atoms with Crippen molar-refractivity contribution in [2.75, 3.05) is 5.32 Å². The average Bonchev–Trinajstić information content (AvgIpc) is 2.82. The van der Waals surface area contributed by atoms with Crippen LogP contribution >= 0.6 is 12.2 Å². The molecule has 4 nitrogen and oxygen atoms in total. The van der Waals surface area contributed by atoms with Crippen LogP contribution in [0.15, 0.2) is 12.3 Å². The summed E-state index contributed by atoms with van der Waals surface area (Å²) in [4.78, 5) is 0.354. The Hall–Kier alpha value is -1.23. The van der Waals surface area contributed by atoms with Crippen LogP contribution in [0.25, 0.3) is 0 Å². The van der Waals surface area contributed by atoms with Gasteiger partial charge in [0.1, 0.15) is 10.8 Å². The van der Waals surface area contributed by atoms with Crippen LogP contribution in [-0.2, 0) is 0 Å². The van der Waals surface area contributed by atoms with Crippen LogP contribution in [0.3, 0.4) is 0 Å².